The van der Waals surface area contributed by atoms with Gasteiger partial charge in [0.2, 0.25) is 5.91 Å². The molecule has 6 nitrogen and oxygen atoms in total. The Morgan fingerprint density at radius 2 is 1.38 bits per heavy atom. The lowest BCUT2D eigenvalue weighted by atomic mass is 9.64. The molecule has 0 unspecified atom stereocenters. The van der Waals surface area contributed by atoms with Gasteiger partial charge >= 0.3 is 5.97 Å². The van der Waals surface area contributed by atoms with Crippen LogP contribution in [0.25, 0.3) is 6.08 Å². The highest BCUT2D eigenvalue weighted by Crippen LogP contribution is 2.58. The number of ketones is 1. The minimum Gasteiger partial charge on any atom is -0.451 e. The van der Waals surface area contributed by atoms with Gasteiger partial charge in [-0.05, 0) is 46.5 Å². The van der Waals surface area contributed by atoms with Crippen LogP contribution >= 0.6 is 15.9 Å². The van der Waals surface area contributed by atoms with Crippen LogP contribution in [0.15, 0.2) is 144 Å². The summed E-state index contributed by atoms with van der Waals surface area (Å²) >= 11 is 3.48. The first-order valence-corrected chi connectivity index (χ1v) is 16.3. The first kappa shape index (κ1) is 29.2. The summed E-state index contributed by atoms with van der Waals surface area (Å²) in [4.78, 5) is 46.6. The minimum absolute atomic E-state index is 0.303. The molecule has 0 aromatic heterocycles. The first-order chi connectivity index (χ1) is 23.0. The second-order valence-electron chi connectivity index (χ2n) is 12.1. The summed E-state index contributed by atoms with van der Waals surface area (Å²) in [5, 5.41) is 3.07. The number of para-hydroxylation sites is 2. The molecule has 5 aromatic rings. The van der Waals surface area contributed by atoms with Gasteiger partial charge in [0.15, 0.2) is 11.9 Å². The zero-order chi connectivity index (χ0) is 32.1. The molecular formula is C40H29BrN2O4. The van der Waals surface area contributed by atoms with Crippen molar-refractivity contribution in [2.75, 3.05) is 10.2 Å². The maximum Gasteiger partial charge on any atom is 0.330 e. The van der Waals surface area contributed by atoms with E-state index in [9.17, 15) is 4.79 Å². The van der Waals surface area contributed by atoms with Crippen molar-refractivity contribution in [1.29, 1.82) is 0 Å². The molecule has 1 N–H and O–H groups in total. The number of hydrogen-bond donors (Lipinski definition) is 1. The van der Waals surface area contributed by atoms with Gasteiger partial charge in [0.1, 0.15) is 11.5 Å². The highest BCUT2D eigenvalue weighted by molar-refractivity contribution is 9.10. The van der Waals surface area contributed by atoms with Crippen molar-refractivity contribution in [2.24, 2.45) is 5.92 Å². The van der Waals surface area contributed by atoms with Crippen molar-refractivity contribution in [3.8, 4) is 0 Å². The topological polar surface area (TPSA) is 75.7 Å². The van der Waals surface area contributed by atoms with E-state index in [1.165, 1.54) is 0 Å². The smallest absolute Gasteiger partial charge is 0.330 e. The number of carbonyl (C=O) groups is 3. The molecule has 47 heavy (non-hydrogen) atoms. The number of nitrogens with one attached hydrogen (secondary N) is 1. The van der Waals surface area contributed by atoms with E-state index in [1.54, 1.807) is 24.3 Å². The molecule has 3 heterocycles. The van der Waals surface area contributed by atoms with Gasteiger partial charge in [-0.2, -0.15) is 0 Å². The molecule has 0 aliphatic carbocycles. The van der Waals surface area contributed by atoms with E-state index in [4.69, 9.17) is 4.74 Å². The van der Waals surface area contributed by atoms with E-state index >= 15 is 9.59 Å². The Morgan fingerprint density at radius 3 is 2.09 bits per heavy atom. The predicted molar refractivity (Wildman–Crippen MR) is 185 cm³/mol. The fraction of sp³-hybridized carbons (Fsp3) is 0.125. The van der Waals surface area contributed by atoms with Crippen LogP contribution in [0.5, 0.6) is 0 Å². The summed E-state index contributed by atoms with van der Waals surface area (Å²) < 4.78 is 7.35. The third kappa shape index (κ3) is 4.56. The summed E-state index contributed by atoms with van der Waals surface area (Å²) in [6.07, 6.45) is 3.21. The van der Waals surface area contributed by atoms with Crippen LogP contribution in [0.3, 0.4) is 0 Å². The van der Waals surface area contributed by atoms with Gasteiger partial charge in [-0.3, -0.25) is 9.59 Å². The van der Waals surface area contributed by atoms with Crippen LogP contribution in [0.1, 0.15) is 38.7 Å². The fourth-order valence-corrected chi connectivity index (χ4v) is 7.92. The van der Waals surface area contributed by atoms with E-state index in [0.717, 1.165) is 26.9 Å². The Balaban J connectivity index is 1.35. The number of hydrogen-bond acceptors (Lipinski definition) is 5. The van der Waals surface area contributed by atoms with Crippen LogP contribution in [0.2, 0.25) is 0 Å². The Labute approximate surface area is 280 Å². The monoisotopic (exact) mass is 680 g/mol. The fourth-order valence-electron chi connectivity index (χ4n) is 7.66. The lowest BCUT2D eigenvalue weighted by Gasteiger charge is -2.37. The van der Waals surface area contributed by atoms with Gasteiger partial charge in [-0.15, -0.1) is 0 Å². The summed E-state index contributed by atoms with van der Waals surface area (Å²) in [6.45, 7) is 0. The molecule has 0 bridgehead atoms. The summed E-state index contributed by atoms with van der Waals surface area (Å²) in [6, 6.07) is 39.7. The number of amides is 1. The molecule has 5 aromatic carbocycles. The third-order valence-corrected chi connectivity index (χ3v) is 10.2. The van der Waals surface area contributed by atoms with Crippen LogP contribution in [-0.2, 0) is 19.7 Å². The summed E-state index contributed by atoms with van der Waals surface area (Å²) in [5.74, 6) is -2.32. The molecule has 1 spiro atoms. The average molecular weight is 682 g/mol. The van der Waals surface area contributed by atoms with Gasteiger partial charge in [0.25, 0.3) is 0 Å². The van der Waals surface area contributed by atoms with Crippen molar-refractivity contribution in [3.05, 3.63) is 172 Å². The zero-order valence-electron chi connectivity index (χ0n) is 25.1. The average Bonchev–Trinajstić information content (AvgIpc) is 3.60. The van der Waals surface area contributed by atoms with Crippen LogP contribution in [0.4, 0.5) is 11.4 Å². The van der Waals surface area contributed by atoms with E-state index in [0.29, 0.717) is 16.8 Å². The number of esters is 1. The van der Waals surface area contributed by atoms with Crippen LogP contribution in [-0.4, -0.2) is 29.7 Å². The predicted octanol–water partition coefficient (Wildman–Crippen LogP) is 7.76. The highest BCUT2D eigenvalue weighted by atomic mass is 79.9. The molecule has 3 aliphatic rings. The maximum atomic E-state index is 15.0. The maximum absolute atomic E-state index is 15.0. The Kier molecular flexibility index (Phi) is 7.14. The summed E-state index contributed by atoms with van der Waals surface area (Å²) in [7, 11) is 0. The molecule has 0 saturated carbocycles. The molecule has 1 fully saturated rings. The molecule has 7 heteroatoms. The SMILES string of the molecule is O=C(OC(c1ccccc1)c1ccccc1)[C@@H]1[C@H](C(=O)c2ccc(Br)cc2)[C@@]2(C(=O)Nc3ccccc32)[C@H]2C=Cc3ccccc3N12. The van der Waals surface area contributed by atoms with Gasteiger partial charge in [0, 0.05) is 21.4 Å². The van der Waals surface area contributed by atoms with Crippen molar-refractivity contribution in [2.45, 2.75) is 23.6 Å². The Morgan fingerprint density at radius 1 is 0.766 bits per heavy atom. The van der Waals surface area contributed by atoms with E-state index < -0.39 is 35.5 Å². The molecule has 0 radical (unpaired) electrons. The third-order valence-electron chi connectivity index (χ3n) is 9.63. The number of halogens is 1. The first-order valence-electron chi connectivity index (χ1n) is 15.5. The molecule has 1 saturated heterocycles. The quantitative estimate of drug-likeness (QED) is 0.147. The summed E-state index contributed by atoms with van der Waals surface area (Å²) in [5.41, 5.74) is 3.58. The molecule has 230 valence electrons. The molecule has 8 rings (SSSR count). The van der Waals surface area contributed by atoms with E-state index in [1.807, 2.05) is 126 Å². The largest absolute Gasteiger partial charge is 0.451 e. The highest BCUT2D eigenvalue weighted by Gasteiger charge is 2.71. The number of carbonyl (C=O) groups excluding carboxylic acids is 3. The minimum atomic E-state index is -1.41. The van der Waals surface area contributed by atoms with Gasteiger partial charge in [-0.25, -0.2) is 4.79 Å². The number of anilines is 2. The lowest BCUT2D eigenvalue weighted by Crippen LogP contribution is -2.51. The number of Topliss-reactive ketones (excluding diaryl/α,β-unsaturated/α-hetero) is 1. The Hall–Kier alpha value is -5.27. The number of benzene rings is 5. The van der Waals surface area contributed by atoms with Crippen molar-refractivity contribution in [3.63, 3.8) is 0 Å². The van der Waals surface area contributed by atoms with Gasteiger partial charge in [-0.1, -0.05) is 137 Å². The zero-order valence-corrected chi connectivity index (χ0v) is 26.7. The van der Waals surface area contributed by atoms with E-state index in [2.05, 4.69) is 21.2 Å². The number of rotatable bonds is 6. The second-order valence-corrected chi connectivity index (χ2v) is 13.0. The normalized spacial score (nSPS) is 22.0. The molecule has 1 amide bonds. The van der Waals surface area contributed by atoms with Gasteiger partial charge in [0.05, 0.1) is 12.0 Å². The van der Waals surface area contributed by atoms with E-state index in [-0.39, 0.29) is 11.7 Å². The van der Waals surface area contributed by atoms with Crippen molar-refractivity contribution < 1.29 is 19.1 Å². The second kappa shape index (κ2) is 11.5. The molecule has 3 aliphatic heterocycles. The standard InChI is InChI=1S/C40H29BrN2O4/c41-29-22-19-26(20-23-29)36(44)34-35(38(45)47-37(27-12-3-1-4-13-27)28-14-5-2-6-15-28)43-32-18-10-7-11-25(32)21-24-33(43)40(34)30-16-8-9-17-31(30)42-39(40)46/h1-24,33-35,37H,(H,42,46)/t33-,34-,35+,40+/m1/s1. The van der Waals surface area contributed by atoms with Crippen LogP contribution < -0.4 is 10.2 Å². The van der Waals surface area contributed by atoms with Crippen molar-refractivity contribution >= 4 is 51.0 Å². The van der Waals surface area contributed by atoms with Gasteiger partial charge < -0.3 is 15.0 Å². The molecule has 4 atom stereocenters. The number of ether oxygens (including phenoxy) is 1. The Bertz CT molecular complexity index is 2010. The number of fused-ring (bicyclic) bond motifs is 6. The number of nitrogens with zero attached hydrogens (tertiary/aromatic N) is 1. The molecular weight excluding hydrogens is 652 g/mol. The van der Waals surface area contributed by atoms with Crippen molar-refractivity contribution in [1.82, 2.24) is 0 Å². The van der Waals surface area contributed by atoms with Crippen LogP contribution in [0, 0.1) is 5.92 Å². The lowest BCUT2D eigenvalue weighted by molar-refractivity contribution is -0.150.